The topological polar surface area (TPSA) is 61.4 Å². The van der Waals surface area contributed by atoms with Crippen LogP contribution in [0.25, 0.3) is 0 Å². The SMILES string of the molecule is Cc1ccc(C)c(C2CC(CCC(=O)O)NN2)c1. The second-order valence-electron chi connectivity index (χ2n) is 5.07. The molecule has 1 aliphatic rings. The third-order valence-electron chi connectivity index (χ3n) is 3.50. The lowest BCUT2D eigenvalue weighted by molar-refractivity contribution is -0.137. The van der Waals surface area contributed by atoms with Gasteiger partial charge >= 0.3 is 5.97 Å². The Bertz CT molecular complexity index is 445. The molecular weight excluding hydrogens is 228 g/mol. The van der Waals surface area contributed by atoms with Crippen molar-refractivity contribution < 1.29 is 9.90 Å². The van der Waals surface area contributed by atoms with E-state index in [1.165, 1.54) is 16.7 Å². The summed E-state index contributed by atoms with van der Waals surface area (Å²) in [5.41, 5.74) is 10.3. The number of aliphatic carboxylic acids is 1. The number of benzene rings is 1. The van der Waals surface area contributed by atoms with Gasteiger partial charge in [0, 0.05) is 18.5 Å². The molecular formula is C14H20N2O2. The van der Waals surface area contributed by atoms with Crippen LogP contribution in [0.1, 0.15) is 42.0 Å². The number of rotatable bonds is 4. The lowest BCUT2D eigenvalue weighted by Gasteiger charge is -2.13. The molecule has 1 aromatic carbocycles. The first-order chi connectivity index (χ1) is 8.56. The van der Waals surface area contributed by atoms with Crippen LogP contribution >= 0.6 is 0 Å². The Morgan fingerprint density at radius 2 is 2.17 bits per heavy atom. The van der Waals surface area contributed by atoms with Crippen molar-refractivity contribution in [2.24, 2.45) is 0 Å². The standard InChI is InChI=1S/C14H20N2O2/c1-9-3-4-10(2)12(7-9)13-8-11(15-16-13)5-6-14(17)18/h3-4,7,11,13,15-16H,5-6,8H2,1-2H3,(H,17,18). The van der Waals surface area contributed by atoms with Crippen LogP contribution in [0.15, 0.2) is 18.2 Å². The van der Waals surface area contributed by atoms with Crippen LogP contribution in [-0.2, 0) is 4.79 Å². The quantitative estimate of drug-likeness (QED) is 0.763. The Kier molecular flexibility index (Phi) is 3.99. The zero-order valence-corrected chi connectivity index (χ0v) is 10.9. The molecule has 3 N–H and O–H groups in total. The largest absolute Gasteiger partial charge is 0.481 e. The third-order valence-corrected chi connectivity index (χ3v) is 3.50. The molecule has 0 radical (unpaired) electrons. The first-order valence-electron chi connectivity index (χ1n) is 6.36. The number of hydrogen-bond donors (Lipinski definition) is 3. The summed E-state index contributed by atoms with van der Waals surface area (Å²) < 4.78 is 0. The highest BCUT2D eigenvalue weighted by atomic mass is 16.4. The smallest absolute Gasteiger partial charge is 0.303 e. The van der Waals surface area contributed by atoms with Gasteiger partial charge in [-0.2, -0.15) is 0 Å². The van der Waals surface area contributed by atoms with Gasteiger partial charge in [-0.3, -0.25) is 15.6 Å². The fraction of sp³-hybridized carbons (Fsp3) is 0.500. The van der Waals surface area contributed by atoms with E-state index in [2.05, 4.69) is 42.9 Å². The van der Waals surface area contributed by atoms with Crippen LogP contribution in [0.2, 0.25) is 0 Å². The van der Waals surface area contributed by atoms with Crippen molar-refractivity contribution in [1.82, 2.24) is 10.9 Å². The number of carboxylic acids is 1. The van der Waals surface area contributed by atoms with E-state index >= 15 is 0 Å². The van der Waals surface area contributed by atoms with Crippen LogP contribution in [-0.4, -0.2) is 17.1 Å². The number of carboxylic acid groups (broad SMARTS) is 1. The van der Waals surface area contributed by atoms with Crippen LogP contribution < -0.4 is 10.9 Å². The maximum Gasteiger partial charge on any atom is 0.303 e. The molecule has 0 bridgehead atoms. The van der Waals surface area contributed by atoms with E-state index in [-0.39, 0.29) is 18.5 Å². The van der Waals surface area contributed by atoms with Gasteiger partial charge in [0.2, 0.25) is 0 Å². The molecule has 0 spiro atoms. The Labute approximate surface area is 107 Å². The van der Waals surface area contributed by atoms with Gasteiger partial charge < -0.3 is 5.11 Å². The summed E-state index contributed by atoms with van der Waals surface area (Å²) in [5, 5.41) is 8.69. The molecule has 0 amide bonds. The summed E-state index contributed by atoms with van der Waals surface area (Å²) in [6, 6.07) is 6.98. The van der Waals surface area contributed by atoms with Crippen molar-refractivity contribution in [1.29, 1.82) is 0 Å². The normalized spacial score (nSPS) is 23.2. The monoisotopic (exact) mass is 248 g/mol. The van der Waals surface area contributed by atoms with E-state index < -0.39 is 5.97 Å². The van der Waals surface area contributed by atoms with Gasteiger partial charge in [-0.25, -0.2) is 0 Å². The van der Waals surface area contributed by atoms with Crippen molar-refractivity contribution in [2.45, 2.75) is 45.2 Å². The third kappa shape index (κ3) is 3.09. The van der Waals surface area contributed by atoms with Gasteiger partial charge in [0.25, 0.3) is 0 Å². The number of hydrazine groups is 1. The zero-order valence-electron chi connectivity index (χ0n) is 10.9. The van der Waals surface area contributed by atoms with E-state index in [9.17, 15) is 4.79 Å². The van der Waals surface area contributed by atoms with E-state index in [1.807, 2.05) is 0 Å². The van der Waals surface area contributed by atoms with E-state index in [1.54, 1.807) is 0 Å². The molecule has 1 heterocycles. The van der Waals surface area contributed by atoms with Gasteiger partial charge in [-0.15, -0.1) is 0 Å². The van der Waals surface area contributed by atoms with Crippen molar-refractivity contribution in [2.75, 3.05) is 0 Å². The predicted octanol–water partition coefficient (Wildman–Crippen LogP) is 2.08. The molecule has 2 rings (SSSR count). The van der Waals surface area contributed by atoms with Crippen molar-refractivity contribution in [3.63, 3.8) is 0 Å². The predicted molar refractivity (Wildman–Crippen MR) is 70.2 cm³/mol. The second-order valence-corrected chi connectivity index (χ2v) is 5.07. The highest BCUT2D eigenvalue weighted by Crippen LogP contribution is 2.27. The van der Waals surface area contributed by atoms with Gasteiger partial charge in [0.15, 0.2) is 0 Å². The molecule has 0 aromatic heterocycles. The lowest BCUT2D eigenvalue weighted by Crippen LogP contribution is -2.31. The molecule has 4 nitrogen and oxygen atoms in total. The fourth-order valence-electron chi connectivity index (χ4n) is 2.45. The molecule has 0 saturated carbocycles. The summed E-state index contributed by atoms with van der Waals surface area (Å²) in [6.45, 7) is 4.20. The van der Waals surface area contributed by atoms with Crippen molar-refractivity contribution in [3.05, 3.63) is 34.9 Å². The molecule has 18 heavy (non-hydrogen) atoms. The Hall–Kier alpha value is -1.39. The average molecular weight is 248 g/mol. The van der Waals surface area contributed by atoms with Gasteiger partial charge in [0.1, 0.15) is 0 Å². The second kappa shape index (κ2) is 5.50. The highest BCUT2D eigenvalue weighted by molar-refractivity contribution is 5.66. The van der Waals surface area contributed by atoms with Crippen LogP contribution in [0.5, 0.6) is 0 Å². The Morgan fingerprint density at radius 1 is 1.39 bits per heavy atom. The minimum atomic E-state index is -0.730. The van der Waals surface area contributed by atoms with Crippen molar-refractivity contribution in [3.8, 4) is 0 Å². The minimum absolute atomic E-state index is 0.221. The summed E-state index contributed by atoms with van der Waals surface area (Å²) in [4.78, 5) is 10.6. The average Bonchev–Trinajstić information content (AvgIpc) is 2.78. The molecule has 0 aliphatic carbocycles. The maximum absolute atomic E-state index is 10.6. The van der Waals surface area contributed by atoms with Gasteiger partial charge in [0.05, 0.1) is 0 Å². The molecule has 1 fully saturated rings. The minimum Gasteiger partial charge on any atom is -0.481 e. The molecule has 2 atom stereocenters. The van der Waals surface area contributed by atoms with Crippen LogP contribution in [0.3, 0.4) is 0 Å². The van der Waals surface area contributed by atoms with E-state index in [0.717, 1.165) is 6.42 Å². The first kappa shape index (κ1) is 13.1. The summed E-state index contributed by atoms with van der Waals surface area (Å²) in [7, 11) is 0. The first-order valence-corrected chi connectivity index (χ1v) is 6.36. The van der Waals surface area contributed by atoms with E-state index in [0.29, 0.717) is 6.42 Å². The van der Waals surface area contributed by atoms with Crippen LogP contribution in [0, 0.1) is 13.8 Å². The van der Waals surface area contributed by atoms with Gasteiger partial charge in [-0.1, -0.05) is 23.8 Å². The number of nitrogens with one attached hydrogen (secondary N) is 2. The summed E-state index contributed by atoms with van der Waals surface area (Å²) >= 11 is 0. The Balaban J connectivity index is 1.99. The van der Waals surface area contributed by atoms with Crippen LogP contribution in [0.4, 0.5) is 0 Å². The fourth-order valence-corrected chi connectivity index (χ4v) is 2.45. The molecule has 1 aliphatic heterocycles. The molecule has 2 unspecified atom stereocenters. The lowest BCUT2D eigenvalue weighted by atomic mass is 9.95. The van der Waals surface area contributed by atoms with Crippen molar-refractivity contribution >= 4 is 5.97 Å². The number of aryl methyl sites for hydroxylation is 2. The molecule has 1 aromatic rings. The molecule has 4 heteroatoms. The molecule has 98 valence electrons. The summed E-state index contributed by atoms with van der Waals surface area (Å²) in [5.74, 6) is -0.730. The number of carbonyl (C=O) groups is 1. The highest BCUT2D eigenvalue weighted by Gasteiger charge is 2.26. The number of hydrogen-bond acceptors (Lipinski definition) is 3. The maximum atomic E-state index is 10.6. The Morgan fingerprint density at radius 3 is 2.89 bits per heavy atom. The van der Waals surface area contributed by atoms with E-state index in [4.69, 9.17) is 5.11 Å². The van der Waals surface area contributed by atoms with Gasteiger partial charge in [-0.05, 0) is 37.8 Å². The molecule has 1 saturated heterocycles. The summed E-state index contributed by atoms with van der Waals surface area (Å²) in [6.07, 6.45) is 1.83. The zero-order chi connectivity index (χ0) is 13.1.